The summed E-state index contributed by atoms with van der Waals surface area (Å²) >= 11 is 0. The number of nitrogens with one attached hydrogen (secondary N) is 1. The number of aromatic nitrogens is 3. The molecule has 0 radical (unpaired) electrons. The molecule has 0 saturated carbocycles. The Labute approximate surface area is 164 Å². The number of Topliss-reactive ketones (excluding diaryl/α,β-unsaturated/α-hetero) is 1. The van der Waals surface area contributed by atoms with Gasteiger partial charge < -0.3 is 14.3 Å². The molecular formula is C23H23N3O2. The fourth-order valence-electron chi connectivity index (χ4n) is 3.84. The quantitative estimate of drug-likeness (QED) is 0.506. The van der Waals surface area contributed by atoms with Crippen LogP contribution in [0.2, 0.25) is 0 Å². The number of hydrogen-bond donors (Lipinski definition) is 1. The smallest absolute Gasteiger partial charge is 0.161 e. The van der Waals surface area contributed by atoms with Gasteiger partial charge in [0.15, 0.2) is 11.6 Å². The van der Waals surface area contributed by atoms with E-state index in [1.54, 1.807) is 14.0 Å². The van der Waals surface area contributed by atoms with Gasteiger partial charge in [0, 0.05) is 17.8 Å². The van der Waals surface area contributed by atoms with E-state index in [1.165, 1.54) is 0 Å². The van der Waals surface area contributed by atoms with Gasteiger partial charge in [0.2, 0.25) is 0 Å². The highest BCUT2D eigenvalue weighted by Gasteiger charge is 2.21. The van der Waals surface area contributed by atoms with Crippen LogP contribution in [-0.4, -0.2) is 27.4 Å². The Morgan fingerprint density at radius 2 is 1.82 bits per heavy atom. The van der Waals surface area contributed by atoms with Gasteiger partial charge in [0.1, 0.15) is 5.75 Å². The summed E-state index contributed by atoms with van der Waals surface area (Å²) in [5, 5.41) is 0. The number of benzene rings is 2. The molecule has 4 rings (SSSR count). The van der Waals surface area contributed by atoms with Crippen LogP contribution in [0.1, 0.15) is 34.1 Å². The standard InChI is InChI=1S/C23H23N3O2/c1-14-21(16(3)27)15(2)24-22(14)23-25-19-7-5-6-8-20(19)26(23)13-17-9-11-18(28-4)12-10-17/h5-12,24H,13H2,1-4H3. The molecule has 0 unspecified atom stereocenters. The summed E-state index contributed by atoms with van der Waals surface area (Å²) in [6, 6.07) is 16.2. The average molecular weight is 373 g/mol. The van der Waals surface area contributed by atoms with Crippen LogP contribution in [0.25, 0.3) is 22.6 Å². The lowest BCUT2D eigenvalue weighted by molar-refractivity contribution is 0.101. The minimum Gasteiger partial charge on any atom is -0.497 e. The minimum absolute atomic E-state index is 0.0651. The molecular weight excluding hydrogens is 350 g/mol. The fraction of sp³-hybridized carbons (Fsp3) is 0.217. The second-order valence-electron chi connectivity index (χ2n) is 7.04. The first kappa shape index (κ1) is 18.0. The Hall–Kier alpha value is -3.34. The van der Waals surface area contributed by atoms with Crippen LogP contribution < -0.4 is 4.74 Å². The van der Waals surface area contributed by atoms with Crippen LogP contribution in [0.3, 0.4) is 0 Å². The molecule has 2 aromatic carbocycles. The van der Waals surface area contributed by atoms with E-state index in [0.29, 0.717) is 6.54 Å². The molecule has 5 nitrogen and oxygen atoms in total. The number of para-hydroxylation sites is 2. The highest BCUT2D eigenvalue weighted by atomic mass is 16.5. The summed E-state index contributed by atoms with van der Waals surface area (Å²) in [6.07, 6.45) is 0. The first-order chi connectivity index (χ1) is 13.5. The minimum atomic E-state index is 0.0651. The maximum atomic E-state index is 12.1. The summed E-state index contributed by atoms with van der Waals surface area (Å²) < 4.78 is 7.46. The second kappa shape index (κ2) is 7.00. The zero-order valence-corrected chi connectivity index (χ0v) is 16.5. The Morgan fingerprint density at radius 3 is 2.46 bits per heavy atom. The highest BCUT2D eigenvalue weighted by Crippen LogP contribution is 2.31. The van der Waals surface area contributed by atoms with Gasteiger partial charge in [0.25, 0.3) is 0 Å². The van der Waals surface area contributed by atoms with Crippen molar-refractivity contribution in [1.82, 2.24) is 14.5 Å². The molecule has 0 amide bonds. The van der Waals surface area contributed by atoms with E-state index in [0.717, 1.165) is 50.7 Å². The van der Waals surface area contributed by atoms with Gasteiger partial charge in [-0.05, 0) is 56.2 Å². The Kier molecular flexibility index (Phi) is 4.51. The van der Waals surface area contributed by atoms with Gasteiger partial charge in [-0.1, -0.05) is 24.3 Å². The van der Waals surface area contributed by atoms with Crippen molar-refractivity contribution in [2.45, 2.75) is 27.3 Å². The van der Waals surface area contributed by atoms with Gasteiger partial charge in [0.05, 0.1) is 23.8 Å². The SMILES string of the molecule is COc1ccc(Cn2c(-c3[nH]c(C)c(C(C)=O)c3C)nc3ccccc32)cc1. The Bertz CT molecular complexity index is 1170. The topological polar surface area (TPSA) is 59.9 Å². The lowest BCUT2D eigenvalue weighted by Crippen LogP contribution is -2.03. The van der Waals surface area contributed by atoms with Crippen LogP contribution >= 0.6 is 0 Å². The third kappa shape index (κ3) is 2.99. The molecule has 0 bridgehead atoms. The maximum Gasteiger partial charge on any atom is 0.161 e. The number of fused-ring (bicyclic) bond motifs is 1. The number of carbonyl (C=O) groups excluding carboxylic acids is 1. The third-order valence-electron chi connectivity index (χ3n) is 5.17. The van der Waals surface area contributed by atoms with Crippen LogP contribution in [0.4, 0.5) is 0 Å². The van der Waals surface area contributed by atoms with Crippen molar-refractivity contribution in [3.05, 3.63) is 70.9 Å². The van der Waals surface area contributed by atoms with Crippen LogP contribution in [-0.2, 0) is 6.54 Å². The third-order valence-corrected chi connectivity index (χ3v) is 5.17. The molecule has 1 N–H and O–H groups in total. The number of rotatable bonds is 5. The number of hydrogen-bond acceptors (Lipinski definition) is 3. The number of ether oxygens (including phenoxy) is 1. The number of carbonyl (C=O) groups is 1. The molecule has 4 aromatic rings. The molecule has 0 aliphatic rings. The second-order valence-corrected chi connectivity index (χ2v) is 7.04. The Morgan fingerprint density at radius 1 is 1.11 bits per heavy atom. The van der Waals surface area contributed by atoms with E-state index in [1.807, 2.05) is 44.2 Å². The van der Waals surface area contributed by atoms with Crippen LogP contribution in [0.5, 0.6) is 5.75 Å². The van der Waals surface area contributed by atoms with Crippen molar-refractivity contribution < 1.29 is 9.53 Å². The molecule has 5 heteroatoms. The summed E-state index contributed by atoms with van der Waals surface area (Å²) in [4.78, 5) is 20.4. The van der Waals surface area contributed by atoms with Crippen LogP contribution in [0, 0.1) is 13.8 Å². The summed E-state index contributed by atoms with van der Waals surface area (Å²) in [6.45, 7) is 6.19. The fourth-order valence-corrected chi connectivity index (χ4v) is 3.84. The summed E-state index contributed by atoms with van der Waals surface area (Å²) in [5.74, 6) is 1.74. The van der Waals surface area contributed by atoms with Crippen molar-refractivity contribution in [3.63, 3.8) is 0 Å². The number of H-pyrrole nitrogens is 1. The first-order valence-corrected chi connectivity index (χ1v) is 9.28. The van der Waals surface area contributed by atoms with E-state index < -0.39 is 0 Å². The number of aromatic amines is 1. The molecule has 0 atom stereocenters. The molecule has 142 valence electrons. The predicted molar refractivity (Wildman–Crippen MR) is 111 cm³/mol. The zero-order valence-electron chi connectivity index (χ0n) is 16.5. The number of nitrogens with zero attached hydrogens (tertiary/aromatic N) is 2. The number of methoxy groups -OCH3 is 1. The molecule has 0 saturated heterocycles. The Balaban J connectivity index is 1.88. The largest absolute Gasteiger partial charge is 0.497 e. The zero-order chi connectivity index (χ0) is 19.8. The van der Waals surface area contributed by atoms with Crippen molar-refractivity contribution in [1.29, 1.82) is 0 Å². The van der Waals surface area contributed by atoms with Gasteiger partial charge in [-0.3, -0.25) is 4.79 Å². The molecule has 0 fully saturated rings. The van der Waals surface area contributed by atoms with Gasteiger partial charge >= 0.3 is 0 Å². The van der Waals surface area contributed by atoms with Crippen molar-refractivity contribution in [2.24, 2.45) is 0 Å². The monoisotopic (exact) mass is 373 g/mol. The maximum absolute atomic E-state index is 12.1. The van der Waals surface area contributed by atoms with E-state index in [4.69, 9.17) is 9.72 Å². The van der Waals surface area contributed by atoms with Gasteiger partial charge in [-0.2, -0.15) is 0 Å². The molecule has 0 aliphatic heterocycles. The van der Waals surface area contributed by atoms with E-state index >= 15 is 0 Å². The van der Waals surface area contributed by atoms with Gasteiger partial charge in [-0.25, -0.2) is 4.98 Å². The predicted octanol–water partition coefficient (Wildman–Crippen LogP) is 4.91. The highest BCUT2D eigenvalue weighted by molar-refractivity contribution is 5.98. The lowest BCUT2D eigenvalue weighted by Gasteiger charge is -2.10. The van der Waals surface area contributed by atoms with Gasteiger partial charge in [-0.15, -0.1) is 0 Å². The number of imidazole rings is 1. The van der Waals surface area contributed by atoms with E-state index in [2.05, 4.69) is 27.8 Å². The number of aryl methyl sites for hydroxylation is 1. The molecule has 2 aromatic heterocycles. The van der Waals surface area contributed by atoms with E-state index in [9.17, 15) is 4.79 Å². The summed E-state index contributed by atoms with van der Waals surface area (Å²) in [5.41, 5.74) is 6.61. The van der Waals surface area contributed by atoms with Crippen molar-refractivity contribution in [3.8, 4) is 17.3 Å². The van der Waals surface area contributed by atoms with Crippen LogP contribution in [0.15, 0.2) is 48.5 Å². The average Bonchev–Trinajstić information content (AvgIpc) is 3.19. The summed E-state index contributed by atoms with van der Waals surface area (Å²) in [7, 11) is 1.67. The molecule has 2 heterocycles. The number of ketones is 1. The molecule has 28 heavy (non-hydrogen) atoms. The normalized spacial score (nSPS) is 11.1. The molecule has 0 spiro atoms. The van der Waals surface area contributed by atoms with Crippen molar-refractivity contribution >= 4 is 16.8 Å². The van der Waals surface area contributed by atoms with Crippen molar-refractivity contribution in [2.75, 3.05) is 7.11 Å². The lowest BCUT2D eigenvalue weighted by atomic mass is 10.1. The van der Waals surface area contributed by atoms with E-state index in [-0.39, 0.29) is 5.78 Å². The molecule has 0 aliphatic carbocycles. The first-order valence-electron chi connectivity index (χ1n) is 9.28.